The fourth-order valence-electron chi connectivity index (χ4n) is 4.23. The highest BCUT2D eigenvalue weighted by Gasteiger charge is 2.43. The van der Waals surface area contributed by atoms with Crippen LogP contribution in [0.3, 0.4) is 0 Å². The average Bonchev–Trinajstić information content (AvgIpc) is 2.64. The number of fused-ring (bicyclic) bond motifs is 2. The van der Waals surface area contributed by atoms with Gasteiger partial charge in [0.15, 0.2) is 5.78 Å². The zero-order valence-corrected chi connectivity index (χ0v) is 13.4. The lowest BCUT2D eigenvalue weighted by Crippen LogP contribution is -2.21. The van der Waals surface area contributed by atoms with Crippen LogP contribution in [0.2, 0.25) is 0 Å². The molecule has 2 bridgehead atoms. The number of ketones is 1. The van der Waals surface area contributed by atoms with E-state index in [4.69, 9.17) is 0 Å². The molecule has 3 rings (SSSR count). The quantitative estimate of drug-likeness (QED) is 0.658. The number of hydrogen-bond donors (Lipinski definition) is 0. The molecular formula is C20H24O. The third-order valence-corrected chi connectivity index (χ3v) is 4.95. The van der Waals surface area contributed by atoms with Gasteiger partial charge in [0, 0.05) is 11.8 Å². The van der Waals surface area contributed by atoms with E-state index in [0.29, 0.717) is 5.78 Å². The van der Waals surface area contributed by atoms with Gasteiger partial charge in [-0.1, -0.05) is 61.4 Å². The zero-order chi connectivity index (χ0) is 15.2. The van der Waals surface area contributed by atoms with E-state index in [1.54, 1.807) is 0 Å². The fraction of sp³-hybridized carbons (Fsp3) is 0.450. The summed E-state index contributed by atoms with van der Waals surface area (Å²) >= 11 is 0. The van der Waals surface area contributed by atoms with Gasteiger partial charge in [-0.3, -0.25) is 4.79 Å². The summed E-state index contributed by atoms with van der Waals surface area (Å²) in [5.74, 6) is 0.751. The molecule has 21 heavy (non-hydrogen) atoms. The molecule has 0 aliphatic heterocycles. The molecule has 0 heterocycles. The van der Waals surface area contributed by atoms with Gasteiger partial charge in [0.05, 0.1) is 0 Å². The monoisotopic (exact) mass is 280 g/mol. The normalized spacial score (nSPS) is 30.7. The van der Waals surface area contributed by atoms with Gasteiger partial charge in [0.25, 0.3) is 0 Å². The highest BCUT2D eigenvalue weighted by molar-refractivity contribution is 6.01. The molecule has 0 saturated heterocycles. The molecule has 2 aliphatic carbocycles. The Morgan fingerprint density at radius 1 is 1.10 bits per heavy atom. The minimum absolute atomic E-state index is 0.106. The molecule has 2 atom stereocenters. The van der Waals surface area contributed by atoms with Gasteiger partial charge in [0.2, 0.25) is 0 Å². The van der Waals surface area contributed by atoms with Crippen LogP contribution in [-0.2, 0) is 4.79 Å². The van der Waals surface area contributed by atoms with E-state index in [0.717, 1.165) is 18.4 Å². The highest BCUT2D eigenvalue weighted by Crippen LogP contribution is 2.50. The lowest BCUT2D eigenvalue weighted by atomic mass is 9.72. The maximum atomic E-state index is 12.7. The van der Waals surface area contributed by atoms with Crippen LogP contribution >= 0.6 is 0 Å². The molecule has 2 aliphatic rings. The predicted octanol–water partition coefficient (Wildman–Crippen LogP) is 5.05. The molecule has 0 aromatic heterocycles. The van der Waals surface area contributed by atoms with Crippen molar-refractivity contribution in [2.45, 2.75) is 46.5 Å². The topological polar surface area (TPSA) is 17.1 Å². The molecule has 0 N–H and O–H groups in total. The Labute approximate surface area is 127 Å². The highest BCUT2D eigenvalue weighted by atomic mass is 16.1. The third-order valence-electron chi connectivity index (χ3n) is 4.95. The second kappa shape index (κ2) is 4.98. The molecule has 0 saturated carbocycles. The lowest BCUT2D eigenvalue weighted by molar-refractivity contribution is -0.118. The Hall–Kier alpha value is -1.63. The minimum atomic E-state index is 0.106. The first-order valence-corrected chi connectivity index (χ1v) is 7.86. The second-order valence-corrected chi connectivity index (χ2v) is 7.37. The number of benzene rings is 1. The maximum Gasteiger partial charge on any atom is 0.162 e. The van der Waals surface area contributed by atoms with Gasteiger partial charge < -0.3 is 0 Å². The van der Waals surface area contributed by atoms with Crippen LogP contribution in [0, 0.1) is 11.3 Å². The zero-order valence-electron chi connectivity index (χ0n) is 13.4. The third kappa shape index (κ3) is 2.50. The summed E-state index contributed by atoms with van der Waals surface area (Å²) in [6, 6.07) is 10.6. The number of rotatable bonds is 1. The van der Waals surface area contributed by atoms with E-state index in [9.17, 15) is 4.79 Å². The molecule has 0 fully saturated rings. The van der Waals surface area contributed by atoms with Gasteiger partial charge in [-0.25, -0.2) is 0 Å². The van der Waals surface area contributed by atoms with E-state index >= 15 is 0 Å². The second-order valence-electron chi connectivity index (χ2n) is 7.37. The van der Waals surface area contributed by atoms with Crippen LogP contribution in [0.5, 0.6) is 0 Å². The fourth-order valence-corrected chi connectivity index (χ4v) is 4.23. The van der Waals surface area contributed by atoms with Crippen LogP contribution < -0.4 is 0 Å². The molecule has 0 radical (unpaired) electrons. The molecular weight excluding hydrogens is 256 g/mol. The van der Waals surface area contributed by atoms with Crippen LogP contribution in [0.1, 0.15) is 52.0 Å². The van der Waals surface area contributed by atoms with E-state index < -0.39 is 0 Å². The van der Waals surface area contributed by atoms with Gasteiger partial charge in [-0.15, -0.1) is 0 Å². The van der Waals surface area contributed by atoms with Crippen molar-refractivity contribution in [3.8, 4) is 0 Å². The van der Waals surface area contributed by atoms with Gasteiger partial charge in [-0.05, 0) is 43.2 Å². The largest absolute Gasteiger partial charge is 0.294 e. The first-order chi connectivity index (χ1) is 9.89. The van der Waals surface area contributed by atoms with Gasteiger partial charge in [-0.2, -0.15) is 0 Å². The van der Waals surface area contributed by atoms with E-state index in [2.05, 4.69) is 51.1 Å². The van der Waals surface area contributed by atoms with Crippen molar-refractivity contribution in [3.63, 3.8) is 0 Å². The summed E-state index contributed by atoms with van der Waals surface area (Å²) in [5, 5.41) is 0. The molecule has 1 aromatic carbocycles. The predicted molar refractivity (Wildman–Crippen MR) is 87.2 cm³/mol. The van der Waals surface area contributed by atoms with Crippen molar-refractivity contribution in [1.82, 2.24) is 0 Å². The van der Waals surface area contributed by atoms with Gasteiger partial charge >= 0.3 is 0 Å². The molecule has 1 heteroatoms. The Bertz CT molecular complexity index is 631. The summed E-state index contributed by atoms with van der Waals surface area (Å²) in [7, 11) is 0. The molecule has 1 unspecified atom stereocenters. The summed E-state index contributed by atoms with van der Waals surface area (Å²) in [6.45, 7) is 8.77. The summed E-state index contributed by atoms with van der Waals surface area (Å²) in [6.07, 6.45) is 4.24. The Morgan fingerprint density at radius 3 is 2.43 bits per heavy atom. The SMILES string of the molecule is CC1=C2CC(C)(C)/C=C(/C)CC(C1=O)[C@H]2c1ccccc1. The number of carbonyl (C=O) groups is 1. The molecule has 110 valence electrons. The van der Waals surface area contributed by atoms with Crippen molar-refractivity contribution >= 4 is 5.78 Å². The van der Waals surface area contributed by atoms with E-state index in [-0.39, 0.29) is 17.3 Å². The van der Waals surface area contributed by atoms with Crippen molar-refractivity contribution in [2.75, 3.05) is 0 Å². The van der Waals surface area contributed by atoms with E-state index in [1.807, 2.05) is 13.0 Å². The lowest BCUT2D eigenvalue weighted by Gasteiger charge is -2.31. The smallest absolute Gasteiger partial charge is 0.162 e. The first kappa shape index (κ1) is 14.3. The van der Waals surface area contributed by atoms with Crippen LogP contribution in [0.4, 0.5) is 0 Å². The Morgan fingerprint density at radius 2 is 1.76 bits per heavy atom. The summed E-state index contributed by atoms with van der Waals surface area (Å²) < 4.78 is 0. The van der Waals surface area contributed by atoms with E-state index in [1.165, 1.54) is 16.7 Å². The average molecular weight is 280 g/mol. The number of Topliss-reactive ketones (excluding diaryl/α,β-unsaturated/α-hetero) is 1. The number of allylic oxidation sites excluding steroid dienone is 4. The van der Waals surface area contributed by atoms with Crippen molar-refractivity contribution in [3.05, 3.63) is 58.7 Å². The van der Waals surface area contributed by atoms with Crippen LogP contribution in [0.15, 0.2) is 53.1 Å². The summed E-state index contributed by atoms with van der Waals surface area (Å²) in [5.41, 5.74) is 5.17. The van der Waals surface area contributed by atoms with Crippen LogP contribution in [0.25, 0.3) is 0 Å². The Balaban J connectivity index is 2.14. The van der Waals surface area contributed by atoms with Crippen LogP contribution in [-0.4, -0.2) is 5.78 Å². The van der Waals surface area contributed by atoms with Crippen molar-refractivity contribution < 1.29 is 4.79 Å². The number of carbonyl (C=O) groups excluding carboxylic acids is 1. The molecule has 0 amide bonds. The molecule has 1 aromatic rings. The van der Waals surface area contributed by atoms with Crippen molar-refractivity contribution in [1.29, 1.82) is 0 Å². The molecule has 1 nitrogen and oxygen atoms in total. The number of hydrogen-bond acceptors (Lipinski definition) is 1. The van der Waals surface area contributed by atoms with Gasteiger partial charge in [0.1, 0.15) is 0 Å². The first-order valence-electron chi connectivity index (χ1n) is 7.86. The summed E-state index contributed by atoms with van der Waals surface area (Å²) in [4.78, 5) is 12.7. The van der Waals surface area contributed by atoms with Crippen molar-refractivity contribution in [2.24, 2.45) is 11.3 Å². The molecule has 0 spiro atoms. The maximum absolute atomic E-state index is 12.7. The Kier molecular flexibility index (Phi) is 3.39. The minimum Gasteiger partial charge on any atom is -0.294 e. The standard InChI is InChI=1S/C20H24O/c1-13-10-16-18(15-8-6-5-7-9-15)17(14(2)19(16)21)12-20(3,4)11-13/h5-9,11,16,18H,10,12H2,1-4H3/b13-11-/t16?,18-/m1/s1.